The van der Waals surface area contributed by atoms with Gasteiger partial charge in [0.25, 0.3) is 0 Å². The lowest BCUT2D eigenvalue weighted by Crippen LogP contribution is -2.28. The van der Waals surface area contributed by atoms with Crippen molar-refractivity contribution < 1.29 is 14.3 Å². The number of aromatic nitrogens is 2. The maximum absolute atomic E-state index is 11.3. The minimum Gasteiger partial charge on any atom is -0.464 e. The van der Waals surface area contributed by atoms with Gasteiger partial charge in [-0.25, -0.2) is 14.8 Å². The predicted octanol–water partition coefficient (Wildman–Crippen LogP) is 0.854. The third-order valence-corrected chi connectivity index (χ3v) is 2.63. The first-order valence-corrected chi connectivity index (χ1v) is 5.54. The van der Waals surface area contributed by atoms with E-state index in [9.17, 15) is 4.79 Å². The van der Waals surface area contributed by atoms with Crippen LogP contribution < -0.4 is 5.32 Å². The second-order valence-electron chi connectivity index (χ2n) is 3.81. The van der Waals surface area contributed by atoms with Crippen LogP contribution in [0.25, 0.3) is 0 Å². The van der Waals surface area contributed by atoms with Crippen LogP contribution >= 0.6 is 0 Å². The molecule has 2 heterocycles. The van der Waals surface area contributed by atoms with E-state index in [0.717, 1.165) is 26.1 Å². The molecule has 1 N–H and O–H groups in total. The maximum Gasteiger partial charge on any atom is 0.356 e. The van der Waals surface area contributed by atoms with E-state index < -0.39 is 5.97 Å². The fraction of sp³-hybridized carbons (Fsp3) is 0.545. The summed E-state index contributed by atoms with van der Waals surface area (Å²) < 4.78 is 9.87. The van der Waals surface area contributed by atoms with Crippen LogP contribution in [0.15, 0.2) is 12.4 Å². The molecule has 0 spiro atoms. The summed E-state index contributed by atoms with van der Waals surface area (Å²) in [6.45, 7) is 1.51. The van der Waals surface area contributed by atoms with Gasteiger partial charge < -0.3 is 14.8 Å². The number of hydrogen-bond acceptors (Lipinski definition) is 6. The summed E-state index contributed by atoms with van der Waals surface area (Å²) >= 11 is 0. The van der Waals surface area contributed by atoms with Gasteiger partial charge in [0.2, 0.25) is 0 Å². The largest absolute Gasteiger partial charge is 0.464 e. The Labute approximate surface area is 99.4 Å². The summed E-state index contributed by atoms with van der Waals surface area (Å²) in [6.07, 6.45) is 3.24. The van der Waals surface area contributed by atoms with Crippen LogP contribution in [-0.2, 0) is 9.47 Å². The van der Waals surface area contributed by atoms with Crippen LogP contribution in [0.1, 0.15) is 23.3 Å². The molecular formula is C11H15N3O3. The van der Waals surface area contributed by atoms with Crippen molar-refractivity contribution in [3.8, 4) is 0 Å². The quantitative estimate of drug-likeness (QED) is 0.786. The number of nitrogens with zero attached hydrogens (tertiary/aromatic N) is 2. The maximum atomic E-state index is 11.3. The molecule has 0 aliphatic carbocycles. The van der Waals surface area contributed by atoms with Crippen molar-refractivity contribution in [3.05, 3.63) is 18.1 Å². The molecule has 0 aromatic carbocycles. The number of nitrogens with one attached hydrogen (secondary N) is 1. The molecule has 1 aromatic heterocycles. The molecule has 0 bridgehead atoms. The highest BCUT2D eigenvalue weighted by atomic mass is 16.5. The normalized spacial score (nSPS) is 16.5. The van der Waals surface area contributed by atoms with Crippen LogP contribution in [0.5, 0.6) is 0 Å². The Morgan fingerprint density at radius 3 is 2.94 bits per heavy atom. The molecule has 0 unspecified atom stereocenters. The zero-order valence-electron chi connectivity index (χ0n) is 9.68. The van der Waals surface area contributed by atoms with Crippen LogP contribution in [0.2, 0.25) is 0 Å². The summed E-state index contributed by atoms with van der Waals surface area (Å²) in [5.41, 5.74) is 0.261. The number of anilines is 1. The van der Waals surface area contributed by atoms with Gasteiger partial charge in [-0.05, 0) is 12.8 Å². The smallest absolute Gasteiger partial charge is 0.356 e. The Balaban J connectivity index is 2.02. The standard InChI is InChI=1S/C11H15N3O3/c1-16-11(15)9-6-10(13-7-12-9)14-8-2-4-17-5-3-8/h6-8H,2-5H2,1H3,(H,12,13,14). The van der Waals surface area contributed by atoms with E-state index in [-0.39, 0.29) is 5.69 Å². The zero-order chi connectivity index (χ0) is 12.1. The molecule has 0 atom stereocenters. The van der Waals surface area contributed by atoms with Crippen molar-refractivity contribution in [2.45, 2.75) is 18.9 Å². The lowest BCUT2D eigenvalue weighted by atomic mass is 10.1. The molecule has 6 heteroatoms. The molecule has 0 saturated carbocycles. The minimum absolute atomic E-state index is 0.261. The SMILES string of the molecule is COC(=O)c1cc(NC2CCOCC2)ncn1. The summed E-state index contributed by atoms with van der Waals surface area (Å²) in [4.78, 5) is 19.2. The first kappa shape index (κ1) is 11.8. The van der Waals surface area contributed by atoms with Crippen molar-refractivity contribution in [1.29, 1.82) is 0 Å². The lowest BCUT2D eigenvalue weighted by molar-refractivity contribution is 0.0593. The Kier molecular flexibility index (Phi) is 3.87. The highest BCUT2D eigenvalue weighted by molar-refractivity contribution is 5.87. The molecule has 0 amide bonds. The number of hydrogen-bond donors (Lipinski definition) is 1. The minimum atomic E-state index is -0.456. The van der Waals surface area contributed by atoms with Gasteiger partial charge in [0, 0.05) is 25.3 Å². The molecule has 1 aliphatic rings. The molecular weight excluding hydrogens is 222 g/mol. The predicted molar refractivity (Wildman–Crippen MR) is 60.8 cm³/mol. The van der Waals surface area contributed by atoms with Gasteiger partial charge >= 0.3 is 5.97 Å². The zero-order valence-corrected chi connectivity index (χ0v) is 9.68. The number of methoxy groups -OCH3 is 1. The van der Waals surface area contributed by atoms with Crippen LogP contribution in [0.4, 0.5) is 5.82 Å². The molecule has 1 aliphatic heterocycles. The van der Waals surface area contributed by atoms with Gasteiger partial charge in [-0.3, -0.25) is 0 Å². The van der Waals surface area contributed by atoms with Crippen molar-refractivity contribution in [2.24, 2.45) is 0 Å². The average Bonchev–Trinajstić information content (AvgIpc) is 2.39. The van der Waals surface area contributed by atoms with Crippen LogP contribution in [0, 0.1) is 0 Å². The first-order chi connectivity index (χ1) is 8.29. The van der Waals surface area contributed by atoms with E-state index >= 15 is 0 Å². The lowest BCUT2D eigenvalue weighted by Gasteiger charge is -2.23. The Morgan fingerprint density at radius 2 is 2.24 bits per heavy atom. The summed E-state index contributed by atoms with van der Waals surface area (Å²) in [6, 6.07) is 1.94. The molecule has 0 radical (unpaired) electrons. The van der Waals surface area contributed by atoms with E-state index in [1.165, 1.54) is 13.4 Å². The molecule has 6 nitrogen and oxygen atoms in total. The topological polar surface area (TPSA) is 73.3 Å². The molecule has 1 aromatic rings. The van der Waals surface area contributed by atoms with E-state index in [2.05, 4.69) is 20.0 Å². The van der Waals surface area contributed by atoms with Gasteiger partial charge in [-0.1, -0.05) is 0 Å². The van der Waals surface area contributed by atoms with Crippen molar-refractivity contribution >= 4 is 11.8 Å². The van der Waals surface area contributed by atoms with E-state index in [1.54, 1.807) is 6.07 Å². The van der Waals surface area contributed by atoms with Gasteiger partial charge in [0.15, 0.2) is 5.69 Å². The number of carbonyl (C=O) groups is 1. The average molecular weight is 237 g/mol. The number of ether oxygens (including phenoxy) is 2. The number of esters is 1. The Morgan fingerprint density at radius 1 is 1.47 bits per heavy atom. The summed E-state index contributed by atoms with van der Waals surface area (Å²) in [5, 5.41) is 3.26. The van der Waals surface area contributed by atoms with Gasteiger partial charge in [-0.15, -0.1) is 0 Å². The fourth-order valence-corrected chi connectivity index (χ4v) is 1.70. The van der Waals surface area contributed by atoms with Crippen molar-refractivity contribution in [3.63, 3.8) is 0 Å². The molecule has 2 rings (SSSR count). The highest BCUT2D eigenvalue weighted by Crippen LogP contribution is 2.13. The first-order valence-electron chi connectivity index (χ1n) is 5.54. The second-order valence-corrected chi connectivity index (χ2v) is 3.81. The highest BCUT2D eigenvalue weighted by Gasteiger charge is 2.15. The monoisotopic (exact) mass is 237 g/mol. The van der Waals surface area contributed by atoms with Gasteiger partial charge in [-0.2, -0.15) is 0 Å². The molecule has 92 valence electrons. The molecule has 1 fully saturated rings. The Bertz CT molecular complexity index is 391. The van der Waals surface area contributed by atoms with Crippen LogP contribution in [0.3, 0.4) is 0 Å². The van der Waals surface area contributed by atoms with E-state index in [4.69, 9.17) is 4.74 Å². The van der Waals surface area contributed by atoms with Crippen LogP contribution in [-0.4, -0.2) is 42.3 Å². The van der Waals surface area contributed by atoms with Gasteiger partial charge in [0.1, 0.15) is 12.1 Å². The third-order valence-electron chi connectivity index (χ3n) is 2.63. The number of carbonyl (C=O) groups excluding carboxylic acids is 1. The summed E-state index contributed by atoms with van der Waals surface area (Å²) in [7, 11) is 1.33. The van der Waals surface area contributed by atoms with Crippen molar-refractivity contribution in [1.82, 2.24) is 9.97 Å². The number of rotatable bonds is 3. The van der Waals surface area contributed by atoms with E-state index in [0.29, 0.717) is 11.9 Å². The molecule has 1 saturated heterocycles. The molecule has 17 heavy (non-hydrogen) atoms. The summed E-state index contributed by atoms with van der Waals surface area (Å²) in [5.74, 6) is 0.190. The van der Waals surface area contributed by atoms with Gasteiger partial charge in [0.05, 0.1) is 7.11 Å². The van der Waals surface area contributed by atoms with E-state index in [1.807, 2.05) is 0 Å². The van der Waals surface area contributed by atoms with Crippen molar-refractivity contribution in [2.75, 3.05) is 25.6 Å². The second kappa shape index (κ2) is 5.58. The fourth-order valence-electron chi connectivity index (χ4n) is 1.70. The Hall–Kier alpha value is -1.69. The third kappa shape index (κ3) is 3.13.